The normalized spacial score (nSPS) is 19.8. The van der Waals surface area contributed by atoms with Crippen LogP contribution in [-0.2, 0) is 0 Å². The Labute approximate surface area is 175 Å². The molecule has 0 unspecified atom stereocenters. The zero-order chi connectivity index (χ0) is 20.0. The molecule has 0 aromatic heterocycles. The first kappa shape index (κ1) is 18.1. The molecule has 5 heteroatoms. The fourth-order valence-electron chi connectivity index (χ4n) is 4.09. The number of methoxy groups -OCH3 is 1. The molecule has 0 bridgehead atoms. The van der Waals surface area contributed by atoms with Crippen LogP contribution in [0.2, 0.25) is 5.02 Å². The summed E-state index contributed by atoms with van der Waals surface area (Å²) >= 11 is 6.31. The van der Waals surface area contributed by atoms with Gasteiger partial charge in [0.05, 0.1) is 18.9 Å². The van der Waals surface area contributed by atoms with Gasteiger partial charge in [0, 0.05) is 22.6 Å². The second-order valence-corrected chi connectivity index (χ2v) is 7.82. The summed E-state index contributed by atoms with van der Waals surface area (Å²) in [7, 11) is 1.67. The summed E-state index contributed by atoms with van der Waals surface area (Å²) < 4.78 is 11.7. The fourth-order valence-corrected chi connectivity index (χ4v) is 4.27. The minimum absolute atomic E-state index is 0.0826. The average molecular weight is 405 g/mol. The van der Waals surface area contributed by atoms with E-state index in [2.05, 4.69) is 36.2 Å². The van der Waals surface area contributed by atoms with Crippen molar-refractivity contribution in [3.63, 3.8) is 0 Å². The number of benzene rings is 3. The number of hydrogen-bond donors (Lipinski definition) is 0. The van der Waals surface area contributed by atoms with E-state index in [1.807, 2.05) is 42.5 Å². The van der Waals surface area contributed by atoms with Gasteiger partial charge in [-0.15, -0.1) is 0 Å². The predicted octanol–water partition coefficient (Wildman–Crippen LogP) is 5.90. The lowest BCUT2D eigenvalue weighted by Gasteiger charge is -2.38. The largest absolute Gasteiger partial charge is 0.497 e. The van der Waals surface area contributed by atoms with Crippen LogP contribution >= 0.6 is 11.6 Å². The fraction of sp³-hybridized carbons (Fsp3) is 0.208. The molecule has 2 heterocycles. The number of fused-ring (bicyclic) bond motifs is 3. The third-order valence-electron chi connectivity index (χ3n) is 5.63. The first-order valence-electron chi connectivity index (χ1n) is 9.66. The molecule has 146 valence electrons. The van der Waals surface area contributed by atoms with Crippen LogP contribution in [0.4, 0.5) is 0 Å². The Kier molecular flexibility index (Phi) is 4.44. The lowest BCUT2D eigenvalue weighted by atomic mass is 9.95. The summed E-state index contributed by atoms with van der Waals surface area (Å²) in [4.78, 5) is 0. The van der Waals surface area contributed by atoms with Gasteiger partial charge in [0.1, 0.15) is 11.5 Å². The molecule has 0 fully saturated rings. The zero-order valence-corrected chi connectivity index (χ0v) is 17.1. The SMILES string of the molecule is COc1ccc(C2=NN3[C@H](C2)c2cc(Cl)ccc2O[C@@H]3c2ccccc2C)cc1. The second-order valence-electron chi connectivity index (χ2n) is 7.38. The molecule has 0 radical (unpaired) electrons. The number of halogens is 1. The van der Waals surface area contributed by atoms with Crippen molar-refractivity contribution < 1.29 is 9.47 Å². The van der Waals surface area contributed by atoms with Crippen LogP contribution in [0.25, 0.3) is 0 Å². The van der Waals surface area contributed by atoms with Crippen molar-refractivity contribution in [1.82, 2.24) is 5.01 Å². The summed E-state index contributed by atoms with van der Waals surface area (Å²) in [6.45, 7) is 2.11. The number of hydrogen-bond acceptors (Lipinski definition) is 4. The van der Waals surface area contributed by atoms with Crippen molar-refractivity contribution in [2.75, 3.05) is 7.11 Å². The minimum atomic E-state index is -0.273. The van der Waals surface area contributed by atoms with Crippen LogP contribution in [0.15, 0.2) is 71.8 Å². The standard InChI is InChI=1S/C24H21ClN2O2/c1-15-5-3-4-6-19(15)24-27-22(20-13-17(25)9-12-23(20)29-24)14-21(26-27)16-7-10-18(28-2)11-8-16/h3-13,22,24H,14H2,1-2H3/t22-,24-/m1/s1. The van der Waals surface area contributed by atoms with Gasteiger partial charge in [-0.05, 0) is 60.5 Å². The van der Waals surface area contributed by atoms with Gasteiger partial charge in [0.15, 0.2) is 0 Å². The van der Waals surface area contributed by atoms with Gasteiger partial charge < -0.3 is 9.47 Å². The van der Waals surface area contributed by atoms with E-state index in [0.29, 0.717) is 5.02 Å². The third kappa shape index (κ3) is 3.14. The van der Waals surface area contributed by atoms with Gasteiger partial charge in [0.25, 0.3) is 0 Å². The van der Waals surface area contributed by atoms with Crippen LogP contribution in [0, 0.1) is 6.92 Å². The predicted molar refractivity (Wildman–Crippen MR) is 115 cm³/mol. The first-order valence-corrected chi connectivity index (χ1v) is 10.0. The molecule has 3 aromatic carbocycles. The lowest BCUT2D eigenvalue weighted by molar-refractivity contribution is -0.0194. The van der Waals surface area contributed by atoms with E-state index in [9.17, 15) is 0 Å². The molecule has 0 saturated carbocycles. The smallest absolute Gasteiger partial charge is 0.214 e. The van der Waals surface area contributed by atoms with Gasteiger partial charge in [-0.3, -0.25) is 0 Å². The molecule has 0 saturated heterocycles. The number of ether oxygens (including phenoxy) is 2. The molecule has 5 rings (SSSR count). The van der Waals surface area contributed by atoms with Gasteiger partial charge in [-0.25, -0.2) is 5.01 Å². The Balaban J connectivity index is 1.59. The quantitative estimate of drug-likeness (QED) is 0.545. The van der Waals surface area contributed by atoms with E-state index in [1.165, 1.54) is 5.56 Å². The summed E-state index contributed by atoms with van der Waals surface area (Å²) in [5.41, 5.74) is 5.51. The van der Waals surface area contributed by atoms with Gasteiger partial charge >= 0.3 is 0 Å². The van der Waals surface area contributed by atoms with Gasteiger partial charge in [-0.1, -0.05) is 35.9 Å². The van der Waals surface area contributed by atoms with Gasteiger partial charge in [0.2, 0.25) is 6.23 Å². The molecule has 3 aromatic rings. The van der Waals surface area contributed by atoms with Crippen LogP contribution < -0.4 is 9.47 Å². The van der Waals surface area contributed by atoms with Crippen molar-refractivity contribution in [1.29, 1.82) is 0 Å². The van der Waals surface area contributed by atoms with Crippen molar-refractivity contribution >= 4 is 17.3 Å². The van der Waals surface area contributed by atoms with E-state index < -0.39 is 0 Å². The Bertz CT molecular complexity index is 1090. The average Bonchev–Trinajstić information content (AvgIpc) is 3.20. The van der Waals surface area contributed by atoms with Crippen LogP contribution in [0.1, 0.15) is 40.9 Å². The molecule has 0 spiro atoms. The zero-order valence-electron chi connectivity index (χ0n) is 16.3. The molecule has 2 atom stereocenters. The molecule has 0 N–H and O–H groups in total. The number of nitrogens with zero attached hydrogens (tertiary/aromatic N) is 2. The van der Waals surface area contributed by atoms with E-state index >= 15 is 0 Å². The maximum atomic E-state index is 6.43. The lowest BCUT2D eigenvalue weighted by Crippen LogP contribution is -2.34. The van der Waals surface area contributed by atoms with Crippen molar-refractivity contribution in [2.24, 2.45) is 5.10 Å². The monoisotopic (exact) mass is 404 g/mol. The van der Waals surface area contributed by atoms with Crippen molar-refractivity contribution in [3.05, 3.63) is 94.0 Å². The highest BCUT2D eigenvalue weighted by atomic mass is 35.5. The summed E-state index contributed by atoms with van der Waals surface area (Å²) in [5, 5.41) is 7.80. The highest BCUT2D eigenvalue weighted by molar-refractivity contribution is 6.30. The van der Waals surface area contributed by atoms with Crippen LogP contribution in [0.5, 0.6) is 11.5 Å². The van der Waals surface area contributed by atoms with E-state index in [4.69, 9.17) is 26.2 Å². The Morgan fingerprint density at radius 2 is 1.83 bits per heavy atom. The number of aryl methyl sites for hydroxylation is 1. The van der Waals surface area contributed by atoms with Crippen molar-refractivity contribution in [3.8, 4) is 11.5 Å². The Morgan fingerprint density at radius 3 is 2.59 bits per heavy atom. The van der Waals surface area contributed by atoms with E-state index in [0.717, 1.165) is 40.3 Å². The highest BCUT2D eigenvalue weighted by Crippen LogP contribution is 2.48. The van der Waals surface area contributed by atoms with Crippen molar-refractivity contribution in [2.45, 2.75) is 25.6 Å². The van der Waals surface area contributed by atoms with Crippen LogP contribution in [-0.4, -0.2) is 17.8 Å². The molecule has 2 aliphatic rings. The summed E-state index contributed by atoms with van der Waals surface area (Å²) in [5.74, 6) is 1.71. The minimum Gasteiger partial charge on any atom is -0.497 e. The topological polar surface area (TPSA) is 34.1 Å². The highest BCUT2D eigenvalue weighted by Gasteiger charge is 2.41. The Morgan fingerprint density at radius 1 is 1.03 bits per heavy atom. The maximum absolute atomic E-state index is 6.43. The molecule has 0 amide bonds. The first-order chi connectivity index (χ1) is 14.1. The molecular formula is C24H21ClN2O2. The second kappa shape index (κ2) is 7.12. The van der Waals surface area contributed by atoms with E-state index in [-0.39, 0.29) is 12.3 Å². The molecule has 4 nitrogen and oxygen atoms in total. The molecule has 0 aliphatic carbocycles. The van der Waals surface area contributed by atoms with Gasteiger partial charge in [-0.2, -0.15) is 5.10 Å². The Hall–Kier alpha value is -2.98. The maximum Gasteiger partial charge on any atom is 0.214 e. The molecular weight excluding hydrogens is 384 g/mol. The van der Waals surface area contributed by atoms with E-state index in [1.54, 1.807) is 7.11 Å². The third-order valence-corrected chi connectivity index (χ3v) is 5.86. The summed E-state index contributed by atoms with van der Waals surface area (Å²) in [6.07, 6.45) is 0.524. The molecule has 29 heavy (non-hydrogen) atoms. The van der Waals surface area contributed by atoms with Crippen LogP contribution in [0.3, 0.4) is 0 Å². The number of rotatable bonds is 3. The number of hydrazone groups is 1. The molecule has 2 aliphatic heterocycles. The summed E-state index contributed by atoms with van der Waals surface area (Å²) in [6, 6.07) is 22.3.